The summed E-state index contributed by atoms with van der Waals surface area (Å²) < 4.78 is 5.38. The average Bonchev–Trinajstić information content (AvgIpc) is 2.93. The molecule has 0 aliphatic rings. The zero-order valence-electron chi connectivity index (χ0n) is 10.8. The topological polar surface area (TPSA) is 77.8 Å². The van der Waals surface area contributed by atoms with Gasteiger partial charge in [0.15, 0.2) is 0 Å². The molecule has 0 atom stereocenters. The highest BCUT2D eigenvalue weighted by Crippen LogP contribution is 2.30. The molecule has 0 unspecified atom stereocenters. The van der Waals surface area contributed by atoms with Gasteiger partial charge < -0.3 is 10.3 Å². The molecular weight excluding hydrogens is 228 g/mol. The highest BCUT2D eigenvalue weighted by molar-refractivity contribution is 5.47. The van der Waals surface area contributed by atoms with E-state index in [1.54, 1.807) is 6.20 Å². The van der Waals surface area contributed by atoms with E-state index < -0.39 is 0 Å². The summed E-state index contributed by atoms with van der Waals surface area (Å²) in [5, 5.41) is 3.99. The molecule has 0 fully saturated rings. The molecule has 0 aromatic carbocycles. The van der Waals surface area contributed by atoms with Crippen molar-refractivity contribution in [2.45, 2.75) is 32.1 Å². The SMILES string of the molecule is CCC(CC)(CN)c1nc(-c2ccccn2)no1. The van der Waals surface area contributed by atoms with Crippen molar-refractivity contribution in [3.05, 3.63) is 30.3 Å². The number of rotatable bonds is 5. The molecular formula is C13H18N4O. The minimum absolute atomic E-state index is 0.222. The average molecular weight is 246 g/mol. The van der Waals surface area contributed by atoms with Gasteiger partial charge in [-0.2, -0.15) is 4.98 Å². The van der Waals surface area contributed by atoms with Crippen LogP contribution in [0.3, 0.4) is 0 Å². The highest BCUT2D eigenvalue weighted by Gasteiger charge is 2.33. The first-order valence-electron chi connectivity index (χ1n) is 6.21. The number of aromatic nitrogens is 3. The van der Waals surface area contributed by atoms with E-state index in [2.05, 4.69) is 29.0 Å². The van der Waals surface area contributed by atoms with Crippen LogP contribution in [0.25, 0.3) is 11.5 Å². The number of nitrogens with zero attached hydrogens (tertiary/aromatic N) is 3. The lowest BCUT2D eigenvalue weighted by Crippen LogP contribution is -2.34. The second-order valence-corrected chi connectivity index (χ2v) is 4.33. The van der Waals surface area contributed by atoms with Gasteiger partial charge in [-0.15, -0.1) is 0 Å². The summed E-state index contributed by atoms with van der Waals surface area (Å²) in [6.07, 6.45) is 3.47. The molecule has 0 aliphatic heterocycles. The normalized spacial score (nSPS) is 11.7. The van der Waals surface area contributed by atoms with Gasteiger partial charge in [0, 0.05) is 12.7 Å². The Morgan fingerprint density at radius 1 is 1.28 bits per heavy atom. The Bertz CT molecular complexity index is 482. The van der Waals surface area contributed by atoms with Crippen LogP contribution in [0.5, 0.6) is 0 Å². The molecule has 5 nitrogen and oxygen atoms in total. The maximum absolute atomic E-state index is 5.87. The zero-order chi connectivity index (χ0) is 13.0. The van der Waals surface area contributed by atoms with E-state index in [1.807, 2.05) is 18.2 Å². The van der Waals surface area contributed by atoms with Gasteiger partial charge in [-0.25, -0.2) is 0 Å². The molecule has 2 N–H and O–H groups in total. The molecule has 0 saturated heterocycles. The van der Waals surface area contributed by atoms with Crippen molar-refractivity contribution >= 4 is 0 Å². The van der Waals surface area contributed by atoms with E-state index in [1.165, 1.54) is 0 Å². The van der Waals surface area contributed by atoms with Crippen molar-refractivity contribution in [1.82, 2.24) is 15.1 Å². The molecule has 2 rings (SSSR count). The van der Waals surface area contributed by atoms with Crippen LogP contribution < -0.4 is 5.73 Å². The second-order valence-electron chi connectivity index (χ2n) is 4.33. The van der Waals surface area contributed by atoms with Gasteiger partial charge in [-0.1, -0.05) is 25.1 Å². The van der Waals surface area contributed by atoms with Crippen LogP contribution in [0.4, 0.5) is 0 Å². The molecule has 2 heterocycles. The molecule has 0 radical (unpaired) electrons. The fourth-order valence-electron chi connectivity index (χ4n) is 1.97. The molecule has 0 saturated carbocycles. The molecule has 96 valence electrons. The fourth-order valence-corrected chi connectivity index (χ4v) is 1.97. The van der Waals surface area contributed by atoms with E-state index in [-0.39, 0.29) is 5.41 Å². The van der Waals surface area contributed by atoms with Crippen molar-refractivity contribution < 1.29 is 4.52 Å². The summed E-state index contributed by atoms with van der Waals surface area (Å²) in [4.78, 5) is 8.65. The van der Waals surface area contributed by atoms with Gasteiger partial charge in [0.25, 0.3) is 0 Å². The van der Waals surface area contributed by atoms with E-state index in [4.69, 9.17) is 10.3 Å². The van der Waals surface area contributed by atoms with Crippen molar-refractivity contribution in [1.29, 1.82) is 0 Å². The first-order chi connectivity index (χ1) is 8.75. The quantitative estimate of drug-likeness (QED) is 0.874. The minimum atomic E-state index is -0.222. The third kappa shape index (κ3) is 2.13. The van der Waals surface area contributed by atoms with Crippen molar-refractivity contribution in [2.24, 2.45) is 5.73 Å². The Morgan fingerprint density at radius 3 is 2.61 bits per heavy atom. The highest BCUT2D eigenvalue weighted by atomic mass is 16.5. The van der Waals surface area contributed by atoms with Crippen molar-refractivity contribution in [3.63, 3.8) is 0 Å². The van der Waals surface area contributed by atoms with Crippen molar-refractivity contribution in [2.75, 3.05) is 6.54 Å². The molecule has 0 spiro atoms. The summed E-state index contributed by atoms with van der Waals surface area (Å²) >= 11 is 0. The molecule has 18 heavy (non-hydrogen) atoms. The standard InChI is InChI=1S/C13H18N4O/c1-3-13(4-2,9-14)12-16-11(17-18-12)10-7-5-6-8-15-10/h5-8H,3-4,9,14H2,1-2H3. The van der Waals surface area contributed by atoms with Crippen LogP contribution in [0.15, 0.2) is 28.9 Å². The third-order valence-electron chi connectivity index (χ3n) is 3.52. The Kier molecular flexibility index (Phi) is 3.72. The maximum Gasteiger partial charge on any atom is 0.234 e. The van der Waals surface area contributed by atoms with Crippen molar-refractivity contribution in [3.8, 4) is 11.5 Å². The van der Waals surface area contributed by atoms with Gasteiger partial charge in [-0.3, -0.25) is 4.98 Å². The van der Waals surface area contributed by atoms with Crippen LogP contribution in [-0.4, -0.2) is 21.7 Å². The van der Waals surface area contributed by atoms with Crippen LogP contribution in [0.1, 0.15) is 32.6 Å². The largest absolute Gasteiger partial charge is 0.338 e. The molecule has 0 aliphatic carbocycles. The number of hydrogen-bond donors (Lipinski definition) is 1. The van der Waals surface area contributed by atoms with E-state index in [0.29, 0.717) is 24.0 Å². The summed E-state index contributed by atoms with van der Waals surface area (Å²) in [5.41, 5.74) is 6.36. The Morgan fingerprint density at radius 2 is 2.06 bits per heavy atom. The van der Waals surface area contributed by atoms with Crippen LogP contribution in [0, 0.1) is 0 Å². The van der Waals surface area contributed by atoms with Gasteiger partial charge in [0.05, 0.1) is 5.41 Å². The van der Waals surface area contributed by atoms with E-state index in [9.17, 15) is 0 Å². The fraction of sp³-hybridized carbons (Fsp3) is 0.462. The summed E-state index contributed by atoms with van der Waals surface area (Å²) in [6.45, 7) is 4.67. The lowest BCUT2D eigenvalue weighted by atomic mass is 9.82. The predicted molar refractivity (Wildman–Crippen MR) is 68.8 cm³/mol. The van der Waals surface area contributed by atoms with Gasteiger partial charge in [-0.05, 0) is 25.0 Å². The minimum Gasteiger partial charge on any atom is -0.338 e. The van der Waals surface area contributed by atoms with Gasteiger partial charge in [0.2, 0.25) is 11.7 Å². The second kappa shape index (κ2) is 5.27. The van der Waals surface area contributed by atoms with Gasteiger partial charge >= 0.3 is 0 Å². The van der Waals surface area contributed by atoms with E-state index in [0.717, 1.165) is 12.8 Å². The first kappa shape index (κ1) is 12.7. The Balaban J connectivity index is 2.36. The molecule has 5 heteroatoms. The number of hydrogen-bond acceptors (Lipinski definition) is 5. The maximum atomic E-state index is 5.87. The van der Waals surface area contributed by atoms with Crippen LogP contribution in [-0.2, 0) is 5.41 Å². The molecule has 0 amide bonds. The smallest absolute Gasteiger partial charge is 0.234 e. The lowest BCUT2D eigenvalue weighted by molar-refractivity contribution is 0.267. The van der Waals surface area contributed by atoms with Gasteiger partial charge in [0.1, 0.15) is 5.69 Å². The monoisotopic (exact) mass is 246 g/mol. The number of pyridine rings is 1. The molecule has 0 bridgehead atoms. The Labute approximate surface area is 106 Å². The molecule has 2 aromatic heterocycles. The summed E-state index contributed by atoms with van der Waals surface area (Å²) in [7, 11) is 0. The number of nitrogens with two attached hydrogens (primary N) is 1. The third-order valence-corrected chi connectivity index (χ3v) is 3.52. The molecule has 2 aromatic rings. The van der Waals surface area contributed by atoms with E-state index >= 15 is 0 Å². The van der Waals surface area contributed by atoms with Crippen LogP contribution >= 0.6 is 0 Å². The summed E-state index contributed by atoms with van der Waals surface area (Å²) in [6, 6.07) is 5.61. The Hall–Kier alpha value is -1.75. The zero-order valence-corrected chi connectivity index (χ0v) is 10.8. The lowest BCUT2D eigenvalue weighted by Gasteiger charge is -2.24. The van der Waals surface area contributed by atoms with Crippen LogP contribution in [0.2, 0.25) is 0 Å². The summed E-state index contributed by atoms with van der Waals surface area (Å²) in [5.74, 6) is 1.13. The first-order valence-corrected chi connectivity index (χ1v) is 6.21. The predicted octanol–water partition coefficient (Wildman–Crippen LogP) is 2.15.